The van der Waals surface area contributed by atoms with Crippen LogP contribution in [0.2, 0.25) is 0 Å². The van der Waals surface area contributed by atoms with Gasteiger partial charge >= 0.3 is 0 Å². The molecule has 1 aliphatic heterocycles. The predicted octanol–water partition coefficient (Wildman–Crippen LogP) is 3.74. The fourth-order valence-electron chi connectivity index (χ4n) is 3.08. The van der Waals surface area contributed by atoms with Gasteiger partial charge in [-0.1, -0.05) is 48.2 Å². The molecule has 4 rings (SSSR count). The van der Waals surface area contributed by atoms with Crippen molar-refractivity contribution < 1.29 is 13.3 Å². The lowest BCUT2D eigenvalue weighted by molar-refractivity contribution is -0.384. The standard InChI is InChI=1S/C22H16N2O4S/c25-24(26)19-12-14-20(15-13-19)29(27,28)23-16-22(23)21-9-5-4-8-18(21)11-10-17-6-2-1-3-7-17/h1-9,12-15,22H,16H2. The molecule has 0 saturated carbocycles. The second kappa shape index (κ2) is 7.51. The molecule has 0 N–H and O–H groups in total. The van der Waals surface area contributed by atoms with E-state index >= 15 is 0 Å². The molecule has 0 spiro atoms. The number of non-ortho nitro benzene ring substituents is 1. The lowest BCUT2D eigenvalue weighted by Crippen LogP contribution is -2.13. The van der Waals surface area contributed by atoms with Crippen molar-refractivity contribution in [2.24, 2.45) is 0 Å². The zero-order valence-corrected chi connectivity index (χ0v) is 16.0. The van der Waals surface area contributed by atoms with E-state index in [4.69, 9.17) is 0 Å². The Balaban J connectivity index is 1.59. The predicted molar refractivity (Wildman–Crippen MR) is 109 cm³/mol. The van der Waals surface area contributed by atoms with Crippen molar-refractivity contribution in [3.8, 4) is 11.8 Å². The van der Waals surface area contributed by atoms with E-state index in [9.17, 15) is 18.5 Å². The van der Waals surface area contributed by atoms with Gasteiger partial charge in [0.15, 0.2) is 0 Å². The van der Waals surface area contributed by atoms with E-state index in [1.807, 2.05) is 54.6 Å². The molecule has 2 unspecified atom stereocenters. The summed E-state index contributed by atoms with van der Waals surface area (Å²) in [5.74, 6) is 6.24. The van der Waals surface area contributed by atoms with Crippen LogP contribution < -0.4 is 0 Å². The van der Waals surface area contributed by atoms with Crippen LogP contribution in [0.1, 0.15) is 22.7 Å². The molecule has 29 heavy (non-hydrogen) atoms. The third-order valence-corrected chi connectivity index (χ3v) is 6.55. The molecule has 3 aromatic carbocycles. The zero-order chi connectivity index (χ0) is 20.4. The van der Waals surface area contributed by atoms with Crippen LogP contribution in [0.4, 0.5) is 5.69 Å². The number of hydrogen-bond donors (Lipinski definition) is 0. The summed E-state index contributed by atoms with van der Waals surface area (Å²) < 4.78 is 27.1. The summed E-state index contributed by atoms with van der Waals surface area (Å²) in [6.07, 6.45) is 0. The summed E-state index contributed by atoms with van der Waals surface area (Å²) in [7, 11) is -3.73. The maximum absolute atomic E-state index is 12.9. The normalized spacial score (nSPS) is 17.8. The number of nitrogens with zero attached hydrogens (tertiary/aromatic N) is 2. The highest BCUT2D eigenvalue weighted by Crippen LogP contribution is 2.41. The van der Waals surface area contributed by atoms with Gasteiger partial charge in [0.05, 0.1) is 15.9 Å². The SMILES string of the molecule is O=[N+]([O-])c1ccc(S(=O)(=O)N2CC2c2ccccc2C#Cc2ccccc2)cc1. The van der Waals surface area contributed by atoms with E-state index in [0.29, 0.717) is 6.54 Å². The van der Waals surface area contributed by atoms with E-state index in [1.165, 1.54) is 28.6 Å². The van der Waals surface area contributed by atoms with Crippen LogP contribution in [0.5, 0.6) is 0 Å². The Morgan fingerprint density at radius 2 is 1.55 bits per heavy atom. The van der Waals surface area contributed by atoms with Crippen LogP contribution in [0.15, 0.2) is 83.8 Å². The van der Waals surface area contributed by atoms with Gasteiger partial charge in [0.2, 0.25) is 10.0 Å². The topological polar surface area (TPSA) is 80.3 Å². The van der Waals surface area contributed by atoms with E-state index < -0.39 is 14.9 Å². The number of nitro benzene ring substituents is 1. The molecular weight excluding hydrogens is 388 g/mol. The van der Waals surface area contributed by atoms with Gasteiger partial charge in [-0.05, 0) is 35.9 Å². The van der Waals surface area contributed by atoms with E-state index in [0.717, 1.165) is 16.7 Å². The summed E-state index contributed by atoms with van der Waals surface area (Å²) in [5, 5.41) is 10.8. The molecule has 1 heterocycles. The Morgan fingerprint density at radius 1 is 0.897 bits per heavy atom. The van der Waals surface area contributed by atoms with Gasteiger partial charge in [-0.25, -0.2) is 8.42 Å². The number of hydrogen-bond acceptors (Lipinski definition) is 4. The minimum absolute atomic E-state index is 0.0402. The number of nitro groups is 1. The minimum Gasteiger partial charge on any atom is -0.258 e. The molecule has 144 valence electrons. The molecule has 1 saturated heterocycles. The molecule has 6 nitrogen and oxygen atoms in total. The molecule has 7 heteroatoms. The maximum atomic E-state index is 12.9. The molecule has 2 atom stereocenters. The highest BCUT2D eigenvalue weighted by atomic mass is 32.2. The first-order valence-electron chi connectivity index (χ1n) is 8.89. The molecule has 0 radical (unpaired) electrons. The van der Waals surface area contributed by atoms with Crippen molar-refractivity contribution in [2.45, 2.75) is 10.9 Å². The molecule has 0 amide bonds. The first kappa shape index (κ1) is 18.9. The van der Waals surface area contributed by atoms with Crippen molar-refractivity contribution in [3.05, 3.63) is 106 Å². The van der Waals surface area contributed by atoms with Crippen LogP contribution in [0, 0.1) is 22.0 Å². The van der Waals surface area contributed by atoms with Gasteiger partial charge in [0, 0.05) is 29.8 Å². The summed E-state index contributed by atoms with van der Waals surface area (Å²) >= 11 is 0. The second-order valence-electron chi connectivity index (χ2n) is 6.54. The second-order valence-corrected chi connectivity index (χ2v) is 8.44. The van der Waals surface area contributed by atoms with E-state index in [1.54, 1.807) is 0 Å². The van der Waals surface area contributed by atoms with Crippen molar-refractivity contribution in [1.82, 2.24) is 4.31 Å². The van der Waals surface area contributed by atoms with Gasteiger partial charge in [0.25, 0.3) is 5.69 Å². The maximum Gasteiger partial charge on any atom is 0.269 e. The Bertz CT molecular complexity index is 1230. The molecule has 1 aliphatic rings. The smallest absolute Gasteiger partial charge is 0.258 e. The average Bonchev–Trinajstić information content (AvgIpc) is 3.55. The van der Waals surface area contributed by atoms with Crippen LogP contribution in [-0.4, -0.2) is 24.2 Å². The molecule has 0 aliphatic carbocycles. The van der Waals surface area contributed by atoms with Gasteiger partial charge in [-0.2, -0.15) is 4.31 Å². The Labute approximate surface area is 168 Å². The quantitative estimate of drug-likeness (QED) is 0.287. The van der Waals surface area contributed by atoms with Crippen molar-refractivity contribution in [2.75, 3.05) is 6.54 Å². The molecular formula is C22H16N2O4S. The van der Waals surface area contributed by atoms with Gasteiger partial charge in [-0.15, -0.1) is 0 Å². The van der Waals surface area contributed by atoms with Crippen LogP contribution in [-0.2, 0) is 10.0 Å². The average molecular weight is 404 g/mol. The largest absolute Gasteiger partial charge is 0.269 e. The lowest BCUT2D eigenvalue weighted by Gasteiger charge is -2.08. The highest BCUT2D eigenvalue weighted by Gasteiger charge is 2.46. The summed E-state index contributed by atoms with van der Waals surface area (Å²) in [4.78, 5) is 10.3. The van der Waals surface area contributed by atoms with Crippen LogP contribution in [0.3, 0.4) is 0 Å². The van der Waals surface area contributed by atoms with Gasteiger partial charge in [0.1, 0.15) is 0 Å². The van der Waals surface area contributed by atoms with Gasteiger partial charge < -0.3 is 0 Å². The first-order valence-corrected chi connectivity index (χ1v) is 10.3. The van der Waals surface area contributed by atoms with Crippen molar-refractivity contribution >= 4 is 15.7 Å². The van der Waals surface area contributed by atoms with Crippen molar-refractivity contribution in [1.29, 1.82) is 0 Å². The third-order valence-electron chi connectivity index (χ3n) is 4.66. The fourth-order valence-corrected chi connectivity index (χ4v) is 4.62. The molecule has 3 aromatic rings. The fraction of sp³-hybridized carbons (Fsp3) is 0.0909. The summed E-state index contributed by atoms with van der Waals surface area (Å²) in [6, 6.07) is 21.7. The summed E-state index contributed by atoms with van der Waals surface area (Å²) in [5.41, 5.74) is 2.37. The third kappa shape index (κ3) is 3.90. The van der Waals surface area contributed by atoms with Crippen LogP contribution >= 0.6 is 0 Å². The van der Waals surface area contributed by atoms with Crippen LogP contribution in [0.25, 0.3) is 0 Å². The molecule has 0 aromatic heterocycles. The van der Waals surface area contributed by atoms with E-state index in [2.05, 4.69) is 11.8 Å². The van der Waals surface area contributed by atoms with Crippen molar-refractivity contribution in [3.63, 3.8) is 0 Å². The number of sulfonamides is 1. The Hall–Kier alpha value is -3.47. The zero-order valence-electron chi connectivity index (χ0n) is 15.2. The molecule has 0 bridgehead atoms. The number of rotatable bonds is 4. The summed E-state index contributed by atoms with van der Waals surface area (Å²) in [6.45, 7) is 0.351. The monoisotopic (exact) mass is 404 g/mol. The van der Waals surface area contributed by atoms with Gasteiger partial charge in [-0.3, -0.25) is 10.1 Å². The Kier molecular flexibility index (Phi) is 4.89. The Morgan fingerprint density at radius 3 is 2.24 bits per heavy atom. The first-order chi connectivity index (χ1) is 14.0. The number of benzene rings is 3. The minimum atomic E-state index is -3.73. The molecule has 1 fully saturated rings. The van der Waals surface area contributed by atoms with E-state index in [-0.39, 0.29) is 16.6 Å². The lowest BCUT2D eigenvalue weighted by atomic mass is 10.0. The highest BCUT2D eigenvalue weighted by molar-refractivity contribution is 7.89.